The molecule has 0 aromatic carbocycles. The number of hydrogen-bond donors (Lipinski definition) is 2. The normalized spacial score (nSPS) is 18.4. The monoisotopic (exact) mass is 271 g/mol. The van der Waals surface area contributed by atoms with Crippen LogP contribution < -0.4 is 5.32 Å². The SMILES string of the molecule is Cc1nn(C)c(CNC2(CCO)CCCC2)c1Cl. The van der Waals surface area contributed by atoms with Gasteiger partial charge in [-0.15, -0.1) is 0 Å². The Balaban J connectivity index is 2.05. The molecule has 0 radical (unpaired) electrons. The average molecular weight is 272 g/mol. The van der Waals surface area contributed by atoms with Crippen LogP contribution in [-0.4, -0.2) is 27.0 Å². The molecule has 0 amide bonds. The maximum atomic E-state index is 9.22. The van der Waals surface area contributed by atoms with Crippen molar-refractivity contribution in [1.29, 1.82) is 0 Å². The lowest BCUT2D eigenvalue weighted by molar-refractivity contribution is 0.208. The molecule has 0 aliphatic heterocycles. The summed E-state index contributed by atoms with van der Waals surface area (Å²) >= 11 is 6.25. The molecule has 1 heterocycles. The van der Waals surface area contributed by atoms with Crippen molar-refractivity contribution < 1.29 is 5.11 Å². The van der Waals surface area contributed by atoms with Crippen LogP contribution in [-0.2, 0) is 13.6 Å². The Labute approximate surface area is 113 Å². The predicted molar refractivity (Wildman–Crippen MR) is 72.7 cm³/mol. The van der Waals surface area contributed by atoms with Gasteiger partial charge in [0.1, 0.15) is 0 Å². The van der Waals surface area contributed by atoms with Gasteiger partial charge in [0.2, 0.25) is 0 Å². The quantitative estimate of drug-likeness (QED) is 0.863. The Morgan fingerprint density at radius 1 is 1.44 bits per heavy atom. The summed E-state index contributed by atoms with van der Waals surface area (Å²) in [7, 11) is 1.92. The number of aryl methyl sites for hydroxylation is 2. The molecule has 1 aromatic rings. The Hall–Kier alpha value is -0.580. The van der Waals surface area contributed by atoms with Gasteiger partial charge in [-0.25, -0.2) is 0 Å². The van der Waals surface area contributed by atoms with Crippen molar-refractivity contribution in [3.8, 4) is 0 Å². The third-order valence-electron chi connectivity index (χ3n) is 4.04. The molecular formula is C13H22ClN3O. The van der Waals surface area contributed by atoms with Gasteiger partial charge in [0.15, 0.2) is 0 Å². The molecule has 1 aliphatic rings. The second-order valence-electron chi connectivity index (χ2n) is 5.28. The van der Waals surface area contributed by atoms with Crippen molar-refractivity contribution >= 4 is 11.6 Å². The Bertz CT molecular complexity index is 411. The van der Waals surface area contributed by atoms with Crippen LogP contribution in [0.15, 0.2) is 0 Å². The molecule has 102 valence electrons. The Morgan fingerprint density at radius 2 is 2.11 bits per heavy atom. The van der Waals surface area contributed by atoms with Gasteiger partial charge in [0.05, 0.1) is 16.4 Å². The second kappa shape index (κ2) is 5.59. The van der Waals surface area contributed by atoms with Crippen molar-refractivity contribution in [3.05, 3.63) is 16.4 Å². The highest BCUT2D eigenvalue weighted by atomic mass is 35.5. The highest BCUT2D eigenvalue weighted by Crippen LogP contribution is 2.33. The van der Waals surface area contributed by atoms with Crippen molar-refractivity contribution in [2.24, 2.45) is 7.05 Å². The van der Waals surface area contributed by atoms with Crippen LogP contribution in [0.5, 0.6) is 0 Å². The number of aliphatic hydroxyl groups is 1. The zero-order chi connectivity index (χ0) is 13.2. The molecule has 2 rings (SSSR count). The largest absolute Gasteiger partial charge is 0.396 e. The zero-order valence-corrected chi connectivity index (χ0v) is 11.9. The third-order valence-corrected chi connectivity index (χ3v) is 4.54. The minimum absolute atomic E-state index is 0.0935. The Kier molecular flexibility index (Phi) is 4.30. The molecule has 0 saturated heterocycles. The second-order valence-corrected chi connectivity index (χ2v) is 5.66. The first kappa shape index (κ1) is 13.8. The van der Waals surface area contributed by atoms with E-state index in [0.29, 0.717) is 0 Å². The number of nitrogens with zero attached hydrogens (tertiary/aromatic N) is 2. The van der Waals surface area contributed by atoms with E-state index in [1.807, 2.05) is 18.7 Å². The first-order valence-corrected chi connectivity index (χ1v) is 7.00. The first-order valence-electron chi connectivity index (χ1n) is 6.62. The fourth-order valence-electron chi connectivity index (χ4n) is 2.92. The van der Waals surface area contributed by atoms with Crippen LogP contribution in [0.2, 0.25) is 5.02 Å². The molecule has 18 heavy (non-hydrogen) atoms. The first-order chi connectivity index (χ1) is 8.58. The highest BCUT2D eigenvalue weighted by Gasteiger charge is 2.33. The Morgan fingerprint density at radius 3 is 2.61 bits per heavy atom. The van der Waals surface area contributed by atoms with Crippen molar-refractivity contribution in [3.63, 3.8) is 0 Å². The van der Waals surface area contributed by atoms with E-state index in [1.54, 1.807) is 0 Å². The summed E-state index contributed by atoms with van der Waals surface area (Å²) in [6.45, 7) is 2.88. The van der Waals surface area contributed by atoms with Gasteiger partial charge in [-0.2, -0.15) is 5.10 Å². The third kappa shape index (κ3) is 2.71. The summed E-state index contributed by atoms with van der Waals surface area (Å²) in [6, 6.07) is 0. The van der Waals surface area contributed by atoms with Gasteiger partial charge in [0, 0.05) is 25.7 Å². The van der Waals surface area contributed by atoms with Gasteiger partial charge in [-0.3, -0.25) is 4.68 Å². The summed E-state index contributed by atoms with van der Waals surface area (Å²) in [5.74, 6) is 0. The number of hydrogen-bond acceptors (Lipinski definition) is 3. The minimum atomic E-state index is 0.0935. The van der Waals surface area contributed by atoms with Crippen LogP contribution >= 0.6 is 11.6 Å². The lowest BCUT2D eigenvalue weighted by Crippen LogP contribution is -2.43. The van der Waals surface area contributed by atoms with E-state index in [0.717, 1.165) is 42.2 Å². The summed E-state index contributed by atoms with van der Waals surface area (Å²) in [5.41, 5.74) is 1.99. The van der Waals surface area contributed by atoms with Gasteiger partial charge in [-0.05, 0) is 26.2 Å². The summed E-state index contributed by atoms with van der Waals surface area (Å²) in [5, 5.41) is 17.9. The minimum Gasteiger partial charge on any atom is -0.396 e. The molecule has 0 unspecified atom stereocenters. The van der Waals surface area contributed by atoms with Gasteiger partial charge in [0.25, 0.3) is 0 Å². The van der Waals surface area contributed by atoms with Gasteiger partial charge in [-0.1, -0.05) is 24.4 Å². The van der Waals surface area contributed by atoms with E-state index in [9.17, 15) is 5.11 Å². The van der Waals surface area contributed by atoms with Gasteiger partial charge >= 0.3 is 0 Å². The molecule has 5 heteroatoms. The van der Waals surface area contributed by atoms with Crippen LogP contribution in [0.25, 0.3) is 0 Å². The molecule has 1 fully saturated rings. The smallest absolute Gasteiger partial charge is 0.0860 e. The van der Waals surface area contributed by atoms with E-state index in [-0.39, 0.29) is 12.1 Å². The topological polar surface area (TPSA) is 50.1 Å². The van der Waals surface area contributed by atoms with E-state index in [2.05, 4.69) is 10.4 Å². The van der Waals surface area contributed by atoms with E-state index in [4.69, 9.17) is 11.6 Å². The summed E-state index contributed by atoms with van der Waals surface area (Å²) < 4.78 is 1.84. The van der Waals surface area contributed by atoms with Crippen LogP contribution in [0.1, 0.15) is 43.5 Å². The fraction of sp³-hybridized carbons (Fsp3) is 0.769. The van der Waals surface area contributed by atoms with E-state index >= 15 is 0 Å². The summed E-state index contributed by atoms with van der Waals surface area (Å²) in [4.78, 5) is 0. The highest BCUT2D eigenvalue weighted by molar-refractivity contribution is 6.31. The number of rotatable bonds is 5. The predicted octanol–water partition coefficient (Wildman–Crippen LogP) is 2.17. The van der Waals surface area contributed by atoms with Crippen molar-refractivity contribution in [2.75, 3.05) is 6.61 Å². The van der Waals surface area contributed by atoms with Crippen molar-refractivity contribution in [1.82, 2.24) is 15.1 Å². The molecule has 4 nitrogen and oxygen atoms in total. The van der Waals surface area contributed by atoms with E-state index in [1.165, 1.54) is 12.8 Å². The zero-order valence-electron chi connectivity index (χ0n) is 11.2. The van der Waals surface area contributed by atoms with Gasteiger partial charge < -0.3 is 10.4 Å². The molecular weight excluding hydrogens is 250 g/mol. The number of nitrogens with one attached hydrogen (secondary N) is 1. The van der Waals surface area contributed by atoms with Crippen LogP contribution in [0, 0.1) is 6.92 Å². The number of halogens is 1. The van der Waals surface area contributed by atoms with Crippen molar-refractivity contribution in [2.45, 2.75) is 51.1 Å². The lowest BCUT2D eigenvalue weighted by Gasteiger charge is -2.30. The molecule has 0 bridgehead atoms. The van der Waals surface area contributed by atoms with Crippen LogP contribution in [0.3, 0.4) is 0 Å². The standard InChI is InChI=1S/C13H22ClN3O/c1-10-12(14)11(17(2)16-10)9-15-13(7-8-18)5-3-4-6-13/h15,18H,3-9H2,1-2H3. The number of aromatic nitrogens is 2. The molecule has 0 atom stereocenters. The number of aliphatic hydroxyl groups excluding tert-OH is 1. The fourth-order valence-corrected chi connectivity index (χ4v) is 3.15. The molecule has 0 spiro atoms. The van der Waals surface area contributed by atoms with Crippen LogP contribution in [0.4, 0.5) is 0 Å². The molecule has 2 N–H and O–H groups in total. The van der Waals surface area contributed by atoms with E-state index < -0.39 is 0 Å². The molecule has 1 aliphatic carbocycles. The summed E-state index contributed by atoms with van der Waals surface area (Å²) in [6.07, 6.45) is 5.59. The lowest BCUT2D eigenvalue weighted by atomic mass is 9.93. The molecule has 1 aromatic heterocycles. The molecule has 1 saturated carbocycles. The average Bonchev–Trinajstić information content (AvgIpc) is 2.86. The maximum Gasteiger partial charge on any atom is 0.0860 e. The maximum absolute atomic E-state index is 9.22.